The van der Waals surface area contributed by atoms with Crippen molar-refractivity contribution in [2.45, 2.75) is 26.4 Å². The normalized spacial score (nSPS) is 13.1. The number of carbonyl (C=O) groups excluding carboxylic acids is 1. The van der Waals surface area contributed by atoms with Gasteiger partial charge in [-0.25, -0.2) is 4.79 Å². The number of amides is 1. The van der Waals surface area contributed by atoms with Gasteiger partial charge < -0.3 is 24.7 Å². The molecule has 3 N–H and O–H groups in total. The van der Waals surface area contributed by atoms with Crippen molar-refractivity contribution in [3.63, 3.8) is 0 Å². The summed E-state index contributed by atoms with van der Waals surface area (Å²) in [5, 5.41) is 21.7. The van der Waals surface area contributed by atoms with Crippen LogP contribution in [-0.4, -0.2) is 35.2 Å². The first-order valence-electron chi connectivity index (χ1n) is 7.71. The maximum absolute atomic E-state index is 12.4. The summed E-state index contributed by atoms with van der Waals surface area (Å²) in [7, 11) is 0. The van der Waals surface area contributed by atoms with Crippen LogP contribution in [0.25, 0.3) is 0 Å². The molecule has 0 fully saturated rings. The number of carboxylic acid groups (broad SMARTS) is 1. The summed E-state index contributed by atoms with van der Waals surface area (Å²) >= 11 is 0. The Bertz CT molecular complexity index is 741. The predicted molar refractivity (Wildman–Crippen MR) is 89.7 cm³/mol. The second-order valence-electron chi connectivity index (χ2n) is 6.06. The molecule has 134 valence electrons. The minimum Gasteiger partial charge on any atom is -0.481 e. The van der Waals surface area contributed by atoms with Gasteiger partial charge in [0, 0.05) is 5.56 Å². The number of aliphatic carboxylic acids is 1. The summed E-state index contributed by atoms with van der Waals surface area (Å²) < 4.78 is 10.4. The third-order valence-corrected chi connectivity index (χ3v) is 3.71. The Hall–Kier alpha value is -2.80. The zero-order valence-electron chi connectivity index (χ0n) is 14.3. The molecule has 0 radical (unpaired) electrons. The molecule has 2 rings (SSSR count). The van der Waals surface area contributed by atoms with Gasteiger partial charge in [0.1, 0.15) is 17.1 Å². The van der Waals surface area contributed by atoms with E-state index in [4.69, 9.17) is 14.3 Å². The van der Waals surface area contributed by atoms with Crippen molar-refractivity contribution < 1.29 is 29.0 Å². The molecular weight excluding hydrogens is 326 g/mol. The lowest BCUT2D eigenvalue weighted by atomic mass is 10.0. The number of rotatable bonds is 7. The summed E-state index contributed by atoms with van der Waals surface area (Å²) in [5.74, 6) is -0.622. The molecule has 25 heavy (non-hydrogen) atoms. The quantitative estimate of drug-likeness (QED) is 0.707. The molecule has 0 aliphatic heterocycles. The number of hydrogen-bond acceptors (Lipinski definition) is 5. The van der Waals surface area contributed by atoms with Crippen molar-refractivity contribution in [3.05, 3.63) is 53.0 Å². The van der Waals surface area contributed by atoms with E-state index >= 15 is 0 Å². The number of hydrogen-bond donors (Lipinski definition) is 3. The number of nitrogens with one attached hydrogen (secondary N) is 1. The fourth-order valence-electron chi connectivity index (χ4n) is 2.47. The molecule has 0 aliphatic rings. The van der Waals surface area contributed by atoms with E-state index in [1.807, 2.05) is 0 Å². The van der Waals surface area contributed by atoms with Crippen molar-refractivity contribution in [2.75, 3.05) is 13.2 Å². The standard InChI is InChI=1S/C18H21NO6/c1-11-7-13(8-12(2)16(11)25-9-15(20)21)17(22)19-10-18(3,23)14-5-4-6-24-14/h4-8,23H,9-10H2,1-3H3,(H,19,22)(H,20,21). The Balaban J connectivity index is 2.08. The Labute approximate surface area is 145 Å². The second-order valence-corrected chi connectivity index (χ2v) is 6.06. The van der Waals surface area contributed by atoms with Gasteiger partial charge >= 0.3 is 5.97 Å². The van der Waals surface area contributed by atoms with Gasteiger partial charge in [0.25, 0.3) is 5.91 Å². The molecule has 7 nitrogen and oxygen atoms in total. The van der Waals surface area contributed by atoms with E-state index in [0.29, 0.717) is 28.2 Å². The molecule has 0 saturated carbocycles. The SMILES string of the molecule is Cc1cc(C(=O)NCC(C)(O)c2ccco2)cc(C)c1OCC(=O)O. The lowest BCUT2D eigenvalue weighted by Crippen LogP contribution is -2.38. The average Bonchev–Trinajstić information content (AvgIpc) is 3.06. The maximum Gasteiger partial charge on any atom is 0.341 e. The Kier molecular flexibility index (Phi) is 5.48. The van der Waals surface area contributed by atoms with Crippen molar-refractivity contribution in [2.24, 2.45) is 0 Å². The van der Waals surface area contributed by atoms with Crippen molar-refractivity contribution in [1.29, 1.82) is 0 Å². The molecule has 1 aromatic carbocycles. The fraction of sp³-hybridized carbons (Fsp3) is 0.333. The van der Waals surface area contributed by atoms with Crippen molar-refractivity contribution in [1.82, 2.24) is 5.32 Å². The van der Waals surface area contributed by atoms with Gasteiger partial charge in [-0.05, 0) is 56.2 Å². The van der Waals surface area contributed by atoms with Crippen LogP contribution in [0.15, 0.2) is 34.9 Å². The number of aliphatic hydroxyl groups is 1. The van der Waals surface area contributed by atoms with Crippen LogP contribution in [0.2, 0.25) is 0 Å². The average molecular weight is 347 g/mol. The van der Waals surface area contributed by atoms with E-state index in [-0.39, 0.29) is 12.5 Å². The highest BCUT2D eigenvalue weighted by atomic mass is 16.5. The third-order valence-electron chi connectivity index (χ3n) is 3.71. The van der Waals surface area contributed by atoms with Crippen LogP contribution in [-0.2, 0) is 10.4 Å². The third kappa shape index (κ3) is 4.60. The smallest absolute Gasteiger partial charge is 0.341 e. The van der Waals surface area contributed by atoms with Crippen LogP contribution in [0.3, 0.4) is 0 Å². The Morgan fingerprint density at radius 3 is 2.44 bits per heavy atom. The minimum absolute atomic E-state index is 0.0191. The minimum atomic E-state index is -1.33. The Morgan fingerprint density at radius 2 is 1.92 bits per heavy atom. The zero-order valence-corrected chi connectivity index (χ0v) is 14.3. The number of aryl methyl sites for hydroxylation is 2. The molecule has 1 unspecified atom stereocenters. The fourth-order valence-corrected chi connectivity index (χ4v) is 2.47. The highest BCUT2D eigenvalue weighted by molar-refractivity contribution is 5.95. The lowest BCUT2D eigenvalue weighted by molar-refractivity contribution is -0.139. The Morgan fingerprint density at radius 1 is 1.28 bits per heavy atom. The van der Waals surface area contributed by atoms with Crippen LogP contribution in [0.5, 0.6) is 5.75 Å². The van der Waals surface area contributed by atoms with E-state index < -0.39 is 18.2 Å². The molecule has 2 aromatic rings. The van der Waals surface area contributed by atoms with Crippen LogP contribution in [0.4, 0.5) is 0 Å². The molecule has 1 amide bonds. The number of ether oxygens (including phenoxy) is 1. The van der Waals surface area contributed by atoms with E-state index in [0.717, 1.165) is 0 Å². The van der Waals surface area contributed by atoms with Gasteiger partial charge in [-0.2, -0.15) is 0 Å². The largest absolute Gasteiger partial charge is 0.481 e. The lowest BCUT2D eigenvalue weighted by Gasteiger charge is -2.21. The van der Waals surface area contributed by atoms with E-state index in [2.05, 4.69) is 5.32 Å². The maximum atomic E-state index is 12.4. The molecule has 0 aliphatic carbocycles. The monoisotopic (exact) mass is 347 g/mol. The summed E-state index contributed by atoms with van der Waals surface area (Å²) in [6, 6.07) is 6.52. The molecule has 1 aromatic heterocycles. The van der Waals surface area contributed by atoms with Crippen LogP contribution < -0.4 is 10.1 Å². The highest BCUT2D eigenvalue weighted by Gasteiger charge is 2.27. The molecule has 0 bridgehead atoms. The van der Waals surface area contributed by atoms with Crippen LogP contribution in [0.1, 0.15) is 34.2 Å². The summed E-state index contributed by atoms with van der Waals surface area (Å²) in [6.07, 6.45) is 1.45. The first kappa shape index (κ1) is 18.5. The van der Waals surface area contributed by atoms with E-state index in [9.17, 15) is 14.7 Å². The van der Waals surface area contributed by atoms with Gasteiger partial charge in [0.05, 0.1) is 12.8 Å². The zero-order chi connectivity index (χ0) is 18.6. The van der Waals surface area contributed by atoms with Crippen molar-refractivity contribution in [3.8, 4) is 5.75 Å². The number of furan rings is 1. The molecule has 7 heteroatoms. The molecule has 0 saturated heterocycles. The number of carboxylic acids is 1. The summed E-state index contributed by atoms with van der Waals surface area (Å²) in [5.41, 5.74) is 0.384. The number of carbonyl (C=O) groups is 2. The first-order chi connectivity index (χ1) is 11.7. The second kappa shape index (κ2) is 7.40. The molecule has 1 heterocycles. The van der Waals surface area contributed by atoms with Gasteiger partial charge in [-0.15, -0.1) is 0 Å². The van der Waals surface area contributed by atoms with E-state index in [1.165, 1.54) is 6.26 Å². The molecular formula is C18H21NO6. The highest BCUT2D eigenvalue weighted by Crippen LogP contribution is 2.25. The van der Waals surface area contributed by atoms with E-state index in [1.54, 1.807) is 45.0 Å². The first-order valence-corrected chi connectivity index (χ1v) is 7.71. The van der Waals surface area contributed by atoms with Crippen LogP contribution in [0, 0.1) is 13.8 Å². The van der Waals surface area contributed by atoms with Gasteiger partial charge in [0.15, 0.2) is 6.61 Å². The molecule has 1 atom stereocenters. The summed E-state index contributed by atoms with van der Waals surface area (Å²) in [4.78, 5) is 23.0. The van der Waals surface area contributed by atoms with Gasteiger partial charge in [-0.1, -0.05) is 0 Å². The molecule has 0 spiro atoms. The van der Waals surface area contributed by atoms with Gasteiger partial charge in [-0.3, -0.25) is 4.79 Å². The predicted octanol–water partition coefficient (Wildman–Crippen LogP) is 2.00. The summed E-state index contributed by atoms with van der Waals surface area (Å²) in [6.45, 7) is 4.55. The van der Waals surface area contributed by atoms with Crippen LogP contribution >= 0.6 is 0 Å². The topological polar surface area (TPSA) is 109 Å². The number of benzene rings is 1. The van der Waals surface area contributed by atoms with Gasteiger partial charge in [0.2, 0.25) is 0 Å². The van der Waals surface area contributed by atoms with Crippen molar-refractivity contribution >= 4 is 11.9 Å².